The number of nitrogens with zero attached hydrogens (tertiary/aromatic N) is 2. The standard InChI is InChI=1S/C17H20N2O4S/c1-11(17(21)23-4)9-19(2)16(20)13-10-24-15(18-13)12-7-5-6-8-14(12)22-3/h5-8,10-11H,9H2,1-4H3/t11-/m1/s1. The van der Waals surface area contributed by atoms with E-state index < -0.39 is 5.92 Å². The second-order valence-electron chi connectivity index (χ2n) is 5.35. The summed E-state index contributed by atoms with van der Waals surface area (Å²) >= 11 is 1.38. The van der Waals surface area contributed by atoms with Gasteiger partial charge in [-0.05, 0) is 12.1 Å². The van der Waals surface area contributed by atoms with Crippen LogP contribution in [0.5, 0.6) is 5.75 Å². The molecule has 0 bridgehead atoms. The van der Waals surface area contributed by atoms with Crippen molar-refractivity contribution in [3.63, 3.8) is 0 Å². The normalized spacial score (nSPS) is 11.7. The van der Waals surface area contributed by atoms with E-state index in [4.69, 9.17) is 4.74 Å². The van der Waals surface area contributed by atoms with Gasteiger partial charge in [0.1, 0.15) is 16.5 Å². The molecule has 0 aliphatic rings. The molecule has 0 N–H and O–H groups in total. The van der Waals surface area contributed by atoms with E-state index in [2.05, 4.69) is 9.72 Å². The number of rotatable bonds is 6. The smallest absolute Gasteiger partial charge is 0.310 e. The first kappa shape index (κ1) is 17.9. The summed E-state index contributed by atoms with van der Waals surface area (Å²) < 4.78 is 10.0. The number of methoxy groups -OCH3 is 2. The summed E-state index contributed by atoms with van der Waals surface area (Å²) in [4.78, 5) is 29.8. The number of thiazole rings is 1. The van der Waals surface area contributed by atoms with Crippen LogP contribution in [0.25, 0.3) is 10.6 Å². The van der Waals surface area contributed by atoms with Gasteiger partial charge in [-0.2, -0.15) is 0 Å². The van der Waals surface area contributed by atoms with Crippen LogP contribution in [0.2, 0.25) is 0 Å². The molecule has 0 spiro atoms. The Morgan fingerprint density at radius 2 is 2.00 bits per heavy atom. The Labute approximate surface area is 145 Å². The predicted molar refractivity (Wildman–Crippen MR) is 92.2 cm³/mol. The van der Waals surface area contributed by atoms with Gasteiger partial charge in [0.05, 0.1) is 25.7 Å². The van der Waals surface area contributed by atoms with Gasteiger partial charge in [-0.3, -0.25) is 9.59 Å². The Balaban J connectivity index is 2.15. The van der Waals surface area contributed by atoms with E-state index in [0.29, 0.717) is 16.5 Å². The van der Waals surface area contributed by atoms with Crippen molar-refractivity contribution in [2.75, 3.05) is 27.8 Å². The van der Waals surface area contributed by atoms with E-state index in [1.54, 1.807) is 26.5 Å². The molecule has 0 aliphatic heterocycles. The van der Waals surface area contributed by atoms with Gasteiger partial charge in [0.15, 0.2) is 0 Å². The van der Waals surface area contributed by atoms with E-state index >= 15 is 0 Å². The molecule has 1 aromatic heterocycles. The lowest BCUT2D eigenvalue weighted by atomic mass is 10.1. The summed E-state index contributed by atoms with van der Waals surface area (Å²) in [7, 11) is 4.57. The lowest BCUT2D eigenvalue weighted by molar-refractivity contribution is -0.145. The topological polar surface area (TPSA) is 68.7 Å². The number of esters is 1. The van der Waals surface area contributed by atoms with Crippen molar-refractivity contribution in [1.29, 1.82) is 0 Å². The van der Waals surface area contributed by atoms with Crippen molar-refractivity contribution in [2.24, 2.45) is 5.92 Å². The van der Waals surface area contributed by atoms with Crippen LogP contribution in [0, 0.1) is 5.92 Å². The Morgan fingerprint density at radius 1 is 1.29 bits per heavy atom. The zero-order valence-corrected chi connectivity index (χ0v) is 14.9. The van der Waals surface area contributed by atoms with Crippen molar-refractivity contribution >= 4 is 23.2 Å². The molecule has 1 aromatic carbocycles. The molecule has 0 unspecified atom stereocenters. The highest BCUT2D eigenvalue weighted by Crippen LogP contribution is 2.32. The van der Waals surface area contributed by atoms with Gasteiger partial charge < -0.3 is 14.4 Å². The van der Waals surface area contributed by atoms with Crippen LogP contribution in [-0.4, -0.2) is 49.6 Å². The maximum Gasteiger partial charge on any atom is 0.310 e. The number of hydrogen-bond donors (Lipinski definition) is 0. The zero-order valence-electron chi connectivity index (χ0n) is 14.1. The summed E-state index contributed by atoms with van der Waals surface area (Å²) in [5.74, 6) is -0.263. The molecule has 1 amide bonds. The number of hydrogen-bond acceptors (Lipinski definition) is 6. The van der Waals surface area contributed by atoms with Crippen LogP contribution in [0.3, 0.4) is 0 Å². The highest BCUT2D eigenvalue weighted by Gasteiger charge is 2.22. The van der Waals surface area contributed by atoms with E-state index in [1.807, 2.05) is 24.3 Å². The number of carbonyl (C=O) groups is 2. The first-order valence-electron chi connectivity index (χ1n) is 7.40. The molecule has 7 heteroatoms. The number of amides is 1. The Hall–Kier alpha value is -2.41. The highest BCUT2D eigenvalue weighted by molar-refractivity contribution is 7.13. The fraction of sp³-hybridized carbons (Fsp3) is 0.353. The molecule has 2 aromatic rings. The van der Waals surface area contributed by atoms with E-state index in [0.717, 1.165) is 5.56 Å². The first-order valence-corrected chi connectivity index (χ1v) is 8.28. The van der Waals surface area contributed by atoms with Gasteiger partial charge in [0.2, 0.25) is 0 Å². The maximum atomic E-state index is 12.5. The summed E-state index contributed by atoms with van der Waals surface area (Å²) in [6.45, 7) is 1.99. The number of aromatic nitrogens is 1. The molecular formula is C17H20N2O4S. The van der Waals surface area contributed by atoms with Crippen molar-refractivity contribution in [1.82, 2.24) is 9.88 Å². The van der Waals surface area contributed by atoms with E-state index in [-0.39, 0.29) is 18.4 Å². The van der Waals surface area contributed by atoms with E-state index in [9.17, 15) is 9.59 Å². The lowest BCUT2D eigenvalue weighted by Crippen LogP contribution is -2.34. The molecule has 24 heavy (non-hydrogen) atoms. The number of ether oxygens (including phenoxy) is 2. The van der Waals surface area contributed by atoms with Crippen LogP contribution in [-0.2, 0) is 9.53 Å². The van der Waals surface area contributed by atoms with Crippen LogP contribution in [0.1, 0.15) is 17.4 Å². The number of carbonyl (C=O) groups excluding carboxylic acids is 2. The Bertz CT molecular complexity index is 729. The maximum absolute atomic E-state index is 12.5. The van der Waals surface area contributed by atoms with E-state index in [1.165, 1.54) is 23.3 Å². The molecule has 128 valence electrons. The van der Waals surface area contributed by atoms with Gasteiger partial charge in [-0.1, -0.05) is 19.1 Å². The molecule has 0 radical (unpaired) electrons. The molecule has 1 heterocycles. The molecule has 6 nitrogen and oxygen atoms in total. The second kappa shape index (κ2) is 7.92. The molecular weight excluding hydrogens is 328 g/mol. The van der Waals surface area contributed by atoms with Gasteiger partial charge in [0, 0.05) is 19.0 Å². The third-order valence-electron chi connectivity index (χ3n) is 3.56. The predicted octanol–water partition coefficient (Wildman–Crippen LogP) is 2.70. The molecule has 0 saturated heterocycles. The average Bonchev–Trinajstić information content (AvgIpc) is 3.09. The number of para-hydroxylation sites is 1. The van der Waals surface area contributed by atoms with Crippen molar-refractivity contribution in [2.45, 2.75) is 6.92 Å². The lowest BCUT2D eigenvalue weighted by Gasteiger charge is -2.19. The minimum atomic E-state index is -0.392. The summed E-state index contributed by atoms with van der Waals surface area (Å²) in [6, 6.07) is 7.52. The Morgan fingerprint density at radius 3 is 2.67 bits per heavy atom. The van der Waals surface area contributed by atoms with Gasteiger partial charge in [-0.15, -0.1) is 11.3 Å². The van der Waals surface area contributed by atoms with Crippen molar-refractivity contribution in [3.8, 4) is 16.3 Å². The third-order valence-corrected chi connectivity index (χ3v) is 4.43. The molecule has 2 rings (SSSR count). The minimum Gasteiger partial charge on any atom is -0.496 e. The average molecular weight is 348 g/mol. The van der Waals surface area contributed by atoms with Crippen LogP contribution < -0.4 is 4.74 Å². The van der Waals surface area contributed by atoms with Crippen molar-refractivity contribution < 1.29 is 19.1 Å². The highest BCUT2D eigenvalue weighted by atomic mass is 32.1. The molecule has 1 atom stereocenters. The fourth-order valence-corrected chi connectivity index (χ4v) is 3.11. The van der Waals surface area contributed by atoms with Crippen LogP contribution in [0.4, 0.5) is 0 Å². The monoisotopic (exact) mass is 348 g/mol. The number of benzene rings is 1. The van der Waals surface area contributed by atoms with Crippen molar-refractivity contribution in [3.05, 3.63) is 35.3 Å². The summed E-state index contributed by atoms with van der Waals surface area (Å²) in [5.41, 5.74) is 1.19. The summed E-state index contributed by atoms with van der Waals surface area (Å²) in [6.07, 6.45) is 0. The van der Waals surface area contributed by atoms with Crippen LogP contribution >= 0.6 is 11.3 Å². The molecule has 0 saturated carbocycles. The summed E-state index contributed by atoms with van der Waals surface area (Å²) in [5, 5.41) is 2.42. The first-order chi connectivity index (χ1) is 11.5. The zero-order chi connectivity index (χ0) is 17.7. The molecule has 0 aliphatic carbocycles. The third kappa shape index (κ3) is 3.91. The fourth-order valence-electron chi connectivity index (χ4n) is 2.28. The SMILES string of the molecule is COC(=O)[C@H](C)CN(C)C(=O)c1csc(-c2ccccc2OC)n1. The van der Waals surface area contributed by atoms with Gasteiger partial charge in [0.25, 0.3) is 5.91 Å². The minimum absolute atomic E-state index is 0.233. The van der Waals surface area contributed by atoms with Crippen LogP contribution in [0.15, 0.2) is 29.6 Å². The second-order valence-corrected chi connectivity index (χ2v) is 6.21. The largest absolute Gasteiger partial charge is 0.496 e. The van der Waals surface area contributed by atoms with Gasteiger partial charge >= 0.3 is 5.97 Å². The quantitative estimate of drug-likeness (QED) is 0.751. The Kier molecular flexibility index (Phi) is 5.92. The molecule has 0 fully saturated rings. The van der Waals surface area contributed by atoms with Gasteiger partial charge in [-0.25, -0.2) is 4.98 Å².